The Morgan fingerprint density at radius 2 is 2.24 bits per heavy atom. The number of halogens is 1. The van der Waals surface area contributed by atoms with Gasteiger partial charge in [-0.3, -0.25) is 10.1 Å². The average Bonchev–Trinajstić information content (AvgIpc) is 2.36. The predicted octanol–water partition coefficient (Wildman–Crippen LogP) is 2.33. The van der Waals surface area contributed by atoms with Gasteiger partial charge in [0.15, 0.2) is 6.17 Å². The molecule has 0 radical (unpaired) electrons. The van der Waals surface area contributed by atoms with Crippen LogP contribution in [0.2, 0.25) is 0 Å². The molecule has 0 spiro atoms. The Hall–Kier alpha value is -2.24. The molecule has 17 heavy (non-hydrogen) atoms. The summed E-state index contributed by atoms with van der Waals surface area (Å²) >= 11 is 0. The molecule has 1 rings (SSSR count). The van der Waals surface area contributed by atoms with E-state index in [0.717, 1.165) is 13.2 Å². The van der Waals surface area contributed by atoms with Crippen LogP contribution in [-0.2, 0) is 9.53 Å². The predicted molar refractivity (Wildman–Crippen MR) is 58.1 cm³/mol. The van der Waals surface area contributed by atoms with Crippen molar-refractivity contribution in [1.29, 1.82) is 0 Å². The van der Waals surface area contributed by atoms with Crippen LogP contribution in [0.3, 0.4) is 0 Å². The zero-order valence-corrected chi connectivity index (χ0v) is 9.05. The third kappa shape index (κ3) is 2.87. The first-order chi connectivity index (χ1) is 7.97. The van der Waals surface area contributed by atoms with E-state index in [1.165, 1.54) is 18.2 Å². The van der Waals surface area contributed by atoms with Crippen LogP contribution in [0.4, 0.5) is 10.1 Å². The second-order valence-electron chi connectivity index (χ2n) is 3.23. The molecule has 0 saturated carbocycles. The topological polar surface area (TPSA) is 69.4 Å². The SMILES string of the molecule is C=C(C(=O)OC)C(F)c1cccc([N+](=O)[O-])c1. The van der Waals surface area contributed by atoms with Crippen LogP contribution >= 0.6 is 0 Å². The molecule has 0 saturated heterocycles. The minimum absolute atomic E-state index is 0.00500. The van der Waals surface area contributed by atoms with Gasteiger partial charge < -0.3 is 4.74 Å². The minimum atomic E-state index is -1.82. The van der Waals surface area contributed by atoms with E-state index >= 15 is 0 Å². The number of ether oxygens (including phenoxy) is 1. The number of carbonyl (C=O) groups is 1. The van der Waals surface area contributed by atoms with Crippen LogP contribution in [0.25, 0.3) is 0 Å². The van der Waals surface area contributed by atoms with Gasteiger partial charge in [-0.15, -0.1) is 0 Å². The Bertz CT molecular complexity index is 472. The number of nitrogens with zero attached hydrogens (tertiary/aromatic N) is 1. The number of hydrogen-bond acceptors (Lipinski definition) is 4. The number of methoxy groups -OCH3 is 1. The maximum Gasteiger partial charge on any atom is 0.336 e. The van der Waals surface area contributed by atoms with Crippen molar-refractivity contribution >= 4 is 11.7 Å². The Labute approximate surface area is 96.7 Å². The highest BCUT2D eigenvalue weighted by Crippen LogP contribution is 2.27. The van der Waals surface area contributed by atoms with E-state index in [1.807, 2.05) is 0 Å². The van der Waals surface area contributed by atoms with Crippen molar-refractivity contribution < 1.29 is 18.8 Å². The molecule has 1 unspecified atom stereocenters. The second-order valence-corrected chi connectivity index (χ2v) is 3.23. The van der Waals surface area contributed by atoms with Gasteiger partial charge >= 0.3 is 5.97 Å². The first-order valence-electron chi connectivity index (χ1n) is 4.63. The van der Waals surface area contributed by atoms with Crippen molar-refractivity contribution in [3.63, 3.8) is 0 Å². The summed E-state index contributed by atoms with van der Waals surface area (Å²) in [6.45, 7) is 3.26. The van der Waals surface area contributed by atoms with Crippen LogP contribution < -0.4 is 0 Å². The van der Waals surface area contributed by atoms with Crippen LogP contribution in [0.15, 0.2) is 36.4 Å². The number of nitro benzene ring substituents is 1. The van der Waals surface area contributed by atoms with Crippen LogP contribution in [-0.4, -0.2) is 18.0 Å². The molecule has 1 aromatic carbocycles. The number of rotatable bonds is 4. The minimum Gasteiger partial charge on any atom is -0.466 e. The lowest BCUT2D eigenvalue weighted by atomic mass is 10.0. The molecule has 1 aromatic rings. The van der Waals surface area contributed by atoms with Gasteiger partial charge in [0.1, 0.15) is 0 Å². The van der Waals surface area contributed by atoms with Gasteiger partial charge in [0.2, 0.25) is 0 Å². The lowest BCUT2D eigenvalue weighted by molar-refractivity contribution is -0.384. The first kappa shape index (κ1) is 12.8. The summed E-state index contributed by atoms with van der Waals surface area (Å²) in [5.41, 5.74) is -0.648. The average molecular weight is 239 g/mol. The van der Waals surface area contributed by atoms with Gasteiger partial charge in [-0.25, -0.2) is 9.18 Å². The Morgan fingerprint density at radius 1 is 1.59 bits per heavy atom. The van der Waals surface area contributed by atoms with Crippen molar-refractivity contribution in [2.45, 2.75) is 6.17 Å². The largest absolute Gasteiger partial charge is 0.466 e. The van der Waals surface area contributed by atoms with Crippen molar-refractivity contribution in [2.24, 2.45) is 0 Å². The second kappa shape index (κ2) is 5.20. The Balaban J connectivity index is 3.00. The first-order valence-corrected chi connectivity index (χ1v) is 4.63. The fraction of sp³-hybridized carbons (Fsp3) is 0.182. The molecule has 5 nitrogen and oxygen atoms in total. The van der Waals surface area contributed by atoms with Gasteiger partial charge in [0, 0.05) is 12.1 Å². The molecule has 1 atom stereocenters. The van der Waals surface area contributed by atoms with Gasteiger partial charge in [0.05, 0.1) is 17.6 Å². The molecule has 0 aliphatic carbocycles. The third-order valence-corrected chi connectivity index (χ3v) is 2.13. The molecule has 0 heterocycles. The third-order valence-electron chi connectivity index (χ3n) is 2.13. The zero-order chi connectivity index (χ0) is 13.0. The normalized spacial score (nSPS) is 11.6. The lowest BCUT2D eigenvalue weighted by Gasteiger charge is -2.09. The number of esters is 1. The summed E-state index contributed by atoms with van der Waals surface area (Å²) in [6.07, 6.45) is -1.82. The van der Waals surface area contributed by atoms with E-state index in [1.54, 1.807) is 0 Å². The highest BCUT2D eigenvalue weighted by molar-refractivity contribution is 5.89. The molecule has 0 aliphatic rings. The summed E-state index contributed by atoms with van der Waals surface area (Å²) in [7, 11) is 1.10. The van der Waals surface area contributed by atoms with Gasteiger partial charge in [0.25, 0.3) is 5.69 Å². The molecule has 90 valence electrons. The quantitative estimate of drug-likeness (QED) is 0.350. The number of non-ortho nitro benzene ring substituents is 1. The van der Waals surface area contributed by atoms with Crippen LogP contribution in [0.1, 0.15) is 11.7 Å². The van der Waals surface area contributed by atoms with E-state index in [-0.39, 0.29) is 11.3 Å². The lowest BCUT2D eigenvalue weighted by Crippen LogP contribution is -2.09. The number of carbonyl (C=O) groups excluding carboxylic acids is 1. The summed E-state index contributed by atoms with van der Waals surface area (Å²) in [6, 6.07) is 4.96. The highest BCUT2D eigenvalue weighted by atomic mass is 19.1. The van der Waals surface area contributed by atoms with Crippen LogP contribution in [0, 0.1) is 10.1 Å². The molecule has 0 aliphatic heterocycles. The summed E-state index contributed by atoms with van der Waals surface area (Å²) in [4.78, 5) is 20.9. The highest BCUT2D eigenvalue weighted by Gasteiger charge is 2.22. The monoisotopic (exact) mass is 239 g/mol. The maximum atomic E-state index is 13.8. The van der Waals surface area contributed by atoms with Crippen molar-refractivity contribution in [2.75, 3.05) is 7.11 Å². The fourth-order valence-corrected chi connectivity index (χ4v) is 1.23. The maximum absolute atomic E-state index is 13.8. The van der Waals surface area contributed by atoms with Crippen molar-refractivity contribution in [1.82, 2.24) is 0 Å². The van der Waals surface area contributed by atoms with E-state index < -0.39 is 22.6 Å². The van der Waals surface area contributed by atoms with Crippen LogP contribution in [0.5, 0.6) is 0 Å². The summed E-state index contributed by atoms with van der Waals surface area (Å²) in [5.74, 6) is -0.885. The number of alkyl halides is 1. The molecule has 0 N–H and O–H groups in total. The molecule has 0 aromatic heterocycles. The molecule has 0 bridgehead atoms. The molecule has 6 heteroatoms. The van der Waals surface area contributed by atoms with Gasteiger partial charge in [-0.1, -0.05) is 18.7 Å². The van der Waals surface area contributed by atoms with Crippen molar-refractivity contribution in [3.05, 3.63) is 52.1 Å². The fourth-order valence-electron chi connectivity index (χ4n) is 1.23. The van der Waals surface area contributed by atoms with E-state index in [2.05, 4.69) is 11.3 Å². The van der Waals surface area contributed by atoms with E-state index in [4.69, 9.17) is 0 Å². The zero-order valence-electron chi connectivity index (χ0n) is 9.05. The van der Waals surface area contributed by atoms with Gasteiger partial charge in [-0.2, -0.15) is 0 Å². The number of hydrogen-bond donors (Lipinski definition) is 0. The molecule has 0 fully saturated rings. The summed E-state index contributed by atoms with van der Waals surface area (Å²) in [5, 5.41) is 10.5. The Kier molecular flexibility index (Phi) is 3.92. The summed E-state index contributed by atoms with van der Waals surface area (Å²) < 4.78 is 18.1. The number of nitro groups is 1. The van der Waals surface area contributed by atoms with E-state index in [0.29, 0.717) is 0 Å². The molecule has 0 amide bonds. The van der Waals surface area contributed by atoms with Gasteiger partial charge in [-0.05, 0) is 5.56 Å². The van der Waals surface area contributed by atoms with Crippen molar-refractivity contribution in [3.8, 4) is 0 Å². The standard InChI is InChI=1S/C11H10FNO4/c1-7(11(14)17-2)10(12)8-4-3-5-9(6-8)13(15)16/h3-6,10H,1H2,2H3. The molecular formula is C11H10FNO4. The molecular weight excluding hydrogens is 229 g/mol. The van der Waals surface area contributed by atoms with E-state index in [9.17, 15) is 19.3 Å². The smallest absolute Gasteiger partial charge is 0.336 e. The number of benzene rings is 1. The Morgan fingerprint density at radius 3 is 2.76 bits per heavy atom.